The van der Waals surface area contributed by atoms with Crippen molar-refractivity contribution in [3.63, 3.8) is 0 Å². The van der Waals surface area contributed by atoms with Gasteiger partial charge < -0.3 is 14.8 Å². The van der Waals surface area contributed by atoms with Gasteiger partial charge in [0.05, 0.1) is 0 Å². The summed E-state index contributed by atoms with van der Waals surface area (Å²) in [6.07, 6.45) is 0. The third-order valence-corrected chi connectivity index (χ3v) is 6.04. The molecule has 0 radical (unpaired) electrons. The molecule has 4 heteroatoms. The van der Waals surface area contributed by atoms with Gasteiger partial charge in [0, 0.05) is 32.7 Å². The maximum atomic E-state index is 5.79. The summed E-state index contributed by atoms with van der Waals surface area (Å²) in [5.41, 5.74) is 7.61. The molecule has 0 aromatic heterocycles. The molecule has 1 fully saturated rings. The first-order valence-electron chi connectivity index (χ1n) is 10.8. The topological polar surface area (TPSA) is 33.7 Å². The molecule has 0 amide bonds. The Morgan fingerprint density at radius 2 is 1.50 bits per heavy atom. The molecule has 3 aromatic rings. The standard InChI is InChI=1S/C26H28N2O2/c1-19-23(21-5-2-4-20(16-21)18-28-12-10-27-11-13-28)6-3-7-24(19)22-8-9-25-26(17-22)30-15-14-29-25/h2-9,16-17,27H,10-15,18H2,1H3. The van der Waals surface area contributed by atoms with E-state index in [-0.39, 0.29) is 0 Å². The summed E-state index contributed by atoms with van der Waals surface area (Å²) in [5, 5.41) is 3.43. The zero-order valence-electron chi connectivity index (χ0n) is 17.5. The van der Waals surface area contributed by atoms with Crippen molar-refractivity contribution in [2.24, 2.45) is 0 Å². The molecule has 0 unspecified atom stereocenters. The smallest absolute Gasteiger partial charge is 0.161 e. The maximum absolute atomic E-state index is 5.79. The Kier molecular flexibility index (Phi) is 5.43. The van der Waals surface area contributed by atoms with E-state index in [9.17, 15) is 0 Å². The molecule has 4 nitrogen and oxygen atoms in total. The van der Waals surface area contributed by atoms with E-state index in [2.05, 4.69) is 71.7 Å². The van der Waals surface area contributed by atoms with Crippen LogP contribution in [0.15, 0.2) is 60.7 Å². The van der Waals surface area contributed by atoms with Crippen LogP contribution in [0.25, 0.3) is 22.3 Å². The highest BCUT2D eigenvalue weighted by Crippen LogP contribution is 2.37. The van der Waals surface area contributed by atoms with Crippen LogP contribution in [0.1, 0.15) is 11.1 Å². The van der Waals surface area contributed by atoms with Crippen molar-refractivity contribution in [3.05, 3.63) is 71.8 Å². The molecular weight excluding hydrogens is 372 g/mol. The summed E-state index contributed by atoms with van der Waals surface area (Å²) in [6, 6.07) is 21.8. The van der Waals surface area contributed by atoms with Crippen LogP contribution in [0, 0.1) is 6.92 Å². The number of fused-ring (bicyclic) bond motifs is 1. The predicted octanol–water partition coefficient (Wildman–Crippen LogP) is 4.51. The summed E-state index contributed by atoms with van der Waals surface area (Å²) < 4.78 is 11.5. The number of benzene rings is 3. The Morgan fingerprint density at radius 3 is 2.30 bits per heavy atom. The highest BCUT2D eigenvalue weighted by molar-refractivity contribution is 5.79. The van der Waals surface area contributed by atoms with Crippen molar-refractivity contribution in [3.8, 4) is 33.8 Å². The molecule has 0 bridgehead atoms. The van der Waals surface area contributed by atoms with Crippen molar-refractivity contribution in [2.75, 3.05) is 39.4 Å². The molecule has 3 aromatic carbocycles. The molecule has 0 atom stereocenters. The van der Waals surface area contributed by atoms with Crippen LogP contribution in [-0.2, 0) is 6.54 Å². The summed E-state index contributed by atoms with van der Waals surface area (Å²) in [7, 11) is 0. The fraction of sp³-hybridized carbons (Fsp3) is 0.308. The van der Waals surface area contributed by atoms with Gasteiger partial charge in [-0.15, -0.1) is 0 Å². The lowest BCUT2D eigenvalue weighted by Crippen LogP contribution is -2.42. The molecule has 1 N–H and O–H groups in total. The lowest BCUT2D eigenvalue weighted by molar-refractivity contribution is 0.171. The van der Waals surface area contributed by atoms with Gasteiger partial charge in [-0.25, -0.2) is 0 Å². The minimum Gasteiger partial charge on any atom is -0.486 e. The van der Waals surface area contributed by atoms with Crippen molar-refractivity contribution < 1.29 is 9.47 Å². The van der Waals surface area contributed by atoms with E-state index < -0.39 is 0 Å². The van der Waals surface area contributed by atoms with Crippen LogP contribution in [0.4, 0.5) is 0 Å². The number of nitrogens with one attached hydrogen (secondary N) is 1. The van der Waals surface area contributed by atoms with Gasteiger partial charge in [0.15, 0.2) is 11.5 Å². The van der Waals surface area contributed by atoms with Gasteiger partial charge in [0.1, 0.15) is 13.2 Å². The summed E-state index contributed by atoms with van der Waals surface area (Å²) in [6.45, 7) is 8.83. The van der Waals surface area contributed by atoms with E-state index in [1.54, 1.807) is 0 Å². The molecule has 30 heavy (non-hydrogen) atoms. The first kappa shape index (κ1) is 19.2. The number of piperazine rings is 1. The lowest BCUT2D eigenvalue weighted by Gasteiger charge is -2.27. The molecule has 0 saturated carbocycles. The minimum absolute atomic E-state index is 0.606. The third-order valence-electron chi connectivity index (χ3n) is 6.04. The Bertz CT molecular complexity index is 1040. The number of ether oxygens (including phenoxy) is 2. The van der Waals surface area contributed by atoms with Gasteiger partial charge >= 0.3 is 0 Å². The van der Waals surface area contributed by atoms with Gasteiger partial charge in [0.25, 0.3) is 0 Å². The minimum atomic E-state index is 0.606. The number of hydrogen-bond acceptors (Lipinski definition) is 4. The molecule has 154 valence electrons. The molecule has 2 aliphatic heterocycles. The third kappa shape index (κ3) is 3.93. The van der Waals surface area contributed by atoms with Gasteiger partial charge in [0.2, 0.25) is 0 Å². The Hall–Kier alpha value is -2.82. The average molecular weight is 401 g/mol. The second-order valence-corrected chi connectivity index (χ2v) is 8.06. The van der Waals surface area contributed by atoms with E-state index in [0.717, 1.165) is 49.8 Å². The summed E-state index contributed by atoms with van der Waals surface area (Å²) >= 11 is 0. The quantitative estimate of drug-likeness (QED) is 0.699. The van der Waals surface area contributed by atoms with Gasteiger partial charge in [-0.2, -0.15) is 0 Å². The lowest BCUT2D eigenvalue weighted by atomic mass is 9.92. The maximum Gasteiger partial charge on any atom is 0.161 e. The van der Waals surface area contributed by atoms with Crippen LogP contribution in [0.3, 0.4) is 0 Å². The van der Waals surface area contributed by atoms with Crippen LogP contribution < -0.4 is 14.8 Å². The molecule has 0 aliphatic carbocycles. The highest BCUT2D eigenvalue weighted by Gasteiger charge is 2.15. The molecule has 0 spiro atoms. The van der Waals surface area contributed by atoms with Crippen molar-refractivity contribution in [1.82, 2.24) is 10.2 Å². The van der Waals surface area contributed by atoms with Crippen molar-refractivity contribution >= 4 is 0 Å². The van der Waals surface area contributed by atoms with Crippen LogP contribution >= 0.6 is 0 Å². The Balaban J connectivity index is 1.45. The first-order chi connectivity index (χ1) is 14.8. The molecule has 1 saturated heterocycles. The summed E-state index contributed by atoms with van der Waals surface area (Å²) in [5.74, 6) is 1.67. The first-order valence-corrected chi connectivity index (χ1v) is 10.8. The fourth-order valence-electron chi connectivity index (χ4n) is 4.44. The van der Waals surface area contributed by atoms with Crippen molar-refractivity contribution in [1.29, 1.82) is 0 Å². The van der Waals surface area contributed by atoms with Crippen LogP contribution in [0.2, 0.25) is 0 Å². The van der Waals surface area contributed by atoms with Gasteiger partial charge in [-0.1, -0.05) is 42.5 Å². The number of nitrogens with zero attached hydrogens (tertiary/aromatic N) is 1. The van der Waals surface area contributed by atoms with Crippen LogP contribution in [0.5, 0.6) is 11.5 Å². The van der Waals surface area contributed by atoms with E-state index in [0.29, 0.717) is 13.2 Å². The Labute approximate surface area is 178 Å². The fourth-order valence-corrected chi connectivity index (χ4v) is 4.44. The highest BCUT2D eigenvalue weighted by atomic mass is 16.6. The number of rotatable bonds is 4. The zero-order valence-corrected chi connectivity index (χ0v) is 17.5. The SMILES string of the molecule is Cc1c(-c2cccc(CN3CCNCC3)c2)cccc1-c1ccc2c(c1)OCCO2. The zero-order chi connectivity index (χ0) is 20.3. The Morgan fingerprint density at radius 1 is 0.800 bits per heavy atom. The molecule has 2 aliphatic rings. The van der Waals surface area contributed by atoms with E-state index in [1.165, 1.54) is 27.8 Å². The van der Waals surface area contributed by atoms with E-state index in [4.69, 9.17) is 9.47 Å². The second kappa shape index (κ2) is 8.50. The second-order valence-electron chi connectivity index (χ2n) is 8.06. The van der Waals surface area contributed by atoms with E-state index in [1.807, 2.05) is 6.07 Å². The van der Waals surface area contributed by atoms with Gasteiger partial charge in [-0.3, -0.25) is 4.90 Å². The van der Waals surface area contributed by atoms with Crippen LogP contribution in [-0.4, -0.2) is 44.3 Å². The van der Waals surface area contributed by atoms with E-state index >= 15 is 0 Å². The molecular formula is C26H28N2O2. The number of hydrogen-bond donors (Lipinski definition) is 1. The molecule has 5 rings (SSSR count). The largest absolute Gasteiger partial charge is 0.486 e. The van der Waals surface area contributed by atoms with Crippen molar-refractivity contribution in [2.45, 2.75) is 13.5 Å². The normalized spacial score (nSPS) is 16.4. The van der Waals surface area contributed by atoms with Gasteiger partial charge in [-0.05, 0) is 58.5 Å². The predicted molar refractivity (Wildman–Crippen MR) is 121 cm³/mol. The monoisotopic (exact) mass is 400 g/mol. The summed E-state index contributed by atoms with van der Waals surface area (Å²) in [4.78, 5) is 2.52. The average Bonchev–Trinajstić information content (AvgIpc) is 2.80. The molecule has 2 heterocycles.